The lowest BCUT2D eigenvalue weighted by molar-refractivity contribution is -0.139. The first-order valence-corrected chi connectivity index (χ1v) is 11.7. The van der Waals surface area contributed by atoms with E-state index in [0.29, 0.717) is 24.2 Å². The summed E-state index contributed by atoms with van der Waals surface area (Å²) in [4.78, 5) is 13.8. The highest BCUT2D eigenvalue weighted by Gasteiger charge is 2.40. The van der Waals surface area contributed by atoms with Gasteiger partial charge in [0, 0.05) is 18.8 Å². The largest absolute Gasteiger partial charge is 0.417 e. The minimum absolute atomic E-state index is 0.239. The molecule has 1 heterocycles. The summed E-state index contributed by atoms with van der Waals surface area (Å²) < 4.78 is 68.5. The topological polar surface area (TPSA) is 57.7 Å². The Balaban J connectivity index is 1.71. The van der Waals surface area contributed by atoms with Gasteiger partial charge in [0.1, 0.15) is 0 Å². The Labute approximate surface area is 190 Å². The number of carbonyl (C=O) groups is 1. The molecule has 4 rings (SSSR count). The van der Waals surface area contributed by atoms with E-state index < -0.39 is 39.1 Å². The molecule has 3 aromatic rings. The van der Waals surface area contributed by atoms with E-state index in [1.807, 2.05) is 12.1 Å². The number of para-hydroxylation sites is 1. The van der Waals surface area contributed by atoms with Gasteiger partial charge in [-0.15, -0.1) is 0 Å². The van der Waals surface area contributed by atoms with Crippen LogP contribution in [0.15, 0.2) is 83.8 Å². The molecule has 0 aromatic heterocycles. The van der Waals surface area contributed by atoms with Crippen LogP contribution in [0.4, 0.5) is 18.9 Å². The molecule has 0 saturated heterocycles. The third-order valence-electron chi connectivity index (χ3n) is 5.51. The summed E-state index contributed by atoms with van der Waals surface area (Å²) in [5.41, 5.74) is 0.947. The first kappa shape index (κ1) is 23.0. The number of rotatable bonds is 6. The third-order valence-corrected chi connectivity index (χ3v) is 7.36. The zero-order valence-corrected chi connectivity index (χ0v) is 18.3. The summed E-state index contributed by atoms with van der Waals surface area (Å²) in [6.45, 7) is -0.440. The minimum Gasteiger partial charge on any atom is -0.311 e. The Hall–Kier alpha value is -3.17. The molecule has 0 unspecified atom stereocenters. The van der Waals surface area contributed by atoms with Gasteiger partial charge in [-0.1, -0.05) is 60.7 Å². The minimum atomic E-state index is -4.86. The summed E-state index contributed by atoms with van der Waals surface area (Å²) in [6, 6.07) is 19.8. The molecule has 0 aliphatic carbocycles. The van der Waals surface area contributed by atoms with Crippen LogP contribution in [0.1, 0.15) is 16.7 Å². The van der Waals surface area contributed by atoms with E-state index in [4.69, 9.17) is 0 Å². The highest BCUT2D eigenvalue weighted by molar-refractivity contribution is 7.89. The van der Waals surface area contributed by atoms with Crippen LogP contribution in [0.2, 0.25) is 0 Å². The molecule has 1 aliphatic rings. The van der Waals surface area contributed by atoms with E-state index in [2.05, 4.69) is 0 Å². The number of benzene rings is 3. The quantitative estimate of drug-likeness (QED) is 0.529. The highest BCUT2D eigenvalue weighted by Crippen LogP contribution is 2.36. The van der Waals surface area contributed by atoms with Crippen LogP contribution in [0.25, 0.3) is 0 Å². The van der Waals surface area contributed by atoms with Gasteiger partial charge in [0.05, 0.1) is 17.0 Å². The molecule has 0 N–H and O–H groups in total. The van der Waals surface area contributed by atoms with Crippen molar-refractivity contribution in [3.63, 3.8) is 0 Å². The lowest BCUT2D eigenvalue weighted by atomic mass is 10.2. The maximum atomic E-state index is 13.6. The van der Waals surface area contributed by atoms with E-state index in [9.17, 15) is 26.4 Å². The molecule has 0 fully saturated rings. The number of carbonyl (C=O) groups excluding carboxylic acids is 1. The first-order valence-electron chi connectivity index (χ1n) is 10.3. The number of amides is 1. The van der Waals surface area contributed by atoms with Gasteiger partial charge in [-0.05, 0) is 35.7 Å². The van der Waals surface area contributed by atoms with Crippen LogP contribution in [0.5, 0.6) is 0 Å². The van der Waals surface area contributed by atoms with E-state index in [1.165, 1.54) is 11.0 Å². The Morgan fingerprint density at radius 1 is 0.909 bits per heavy atom. The van der Waals surface area contributed by atoms with Crippen molar-refractivity contribution < 1.29 is 26.4 Å². The molecule has 1 aliphatic heterocycles. The van der Waals surface area contributed by atoms with Crippen molar-refractivity contribution >= 4 is 21.6 Å². The van der Waals surface area contributed by atoms with Crippen LogP contribution in [-0.4, -0.2) is 31.7 Å². The van der Waals surface area contributed by atoms with Gasteiger partial charge in [-0.2, -0.15) is 17.5 Å². The maximum Gasteiger partial charge on any atom is 0.417 e. The van der Waals surface area contributed by atoms with E-state index >= 15 is 0 Å². The molecule has 0 radical (unpaired) electrons. The summed E-state index contributed by atoms with van der Waals surface area (Å²) in [6.07, 6.45) is -4.23. The van der Waals surface area contributed by atoms with Gasteiger partial charge in [0.2, 0.25) is 15.9 Å². The van der Waals surface area contributed by atoms with E-state index in [0.717, 1.165) is 28.1 Å². The Morgan fingerprint density at radius 2 is 1.55 bits per heavy atom. The third kappa shape index (κ3) is 4.79. The molecular formula is C24H21F3N2O3S. The summed E-state index contributed by atoms with van der Waals surface area (Å²) >= 11 is 0. The van der Waals surface area contributed by atoms with Crippen LogP contribution < -0.4 is 4.90 Å². The van der Waals surface area contributed by atoms with Crippen molar-refractivity contribution in [1.82, 2.24) is 4.31 Å². The number of fused-ring (bicyclic) bond motifs is 1. The Bertz CT molecular complexity index is 1260. The zero-order chi connectivity index (χ0) is 23.6. The molecule has 9 heteroatoms. The SMILES string of the molecule is O=C(CN(Cc1ccccc1)S(=O)(=O)c1ccccc1C(F)(F)F)N1CCc2ccccc21. The molecule has 0 bridgehead atoms. The molecule has 172 valence electrons. The smallest absolute Gasteiger partial charge is 0.311 e. The number of sulfonamides is 1. The second-order valence-corrected chi connectivity index (χ2v) is 9.58. The number of nitrogens with zero attached hydrogens (tertiary/aromatic N) is 2. The van der Waals surface area contributed by atoms with Gasteiger partial charge >= 0.3 is 6.18 Å². The Kier molecular flexibility index (Phi) is 6.27. The molecule has 0 spiro atoms. The monoisotopic (exact) mass is 474 g/mol. The summed E-state index contributed by atoms with van der Waals surface area (Å²) in [7, 11) is -4.65. The number of hydrogen-bond donors (Lipinski definition) is 0. The number of anilines is 1. The molecule has 1 amide bonds. The second kappa shape index (κ2) is 8.99. The molecule has 3 aromatic carbocycles. The summed E-state index contributed by atoms with van der Waals surface area (Å²) in [5.74, 6) is -0.496. The van der Waals surface area contributed by atoms with Crippen molar-refractivity contribution in [2.24, 2.45) is 0 Å². The fraction of sp³-hybridized carbons (Fsp3) is 0.208. The molecule has 0 atom stereocenters. The molecular weight excluding hydrogens is 453 g/mol. The lowest BCUT2D eigenvalue weighted by Crippen LogP contribution is -2.42. The number of alkyl halides is 3. The summed E-state index contributed by atoms with van der Waals surface area (Å²) in [5, 5.41) is 0. The van der Waals surface area contributed by atoms with E-state index in [1.54, 1.807) is 42.5 Å². The van der Waals surface area contributed by atoms with Gasteiger partial charge < -0.3 is 4.90 Å². The fourth-order valence-electron chi connectivity index (χ4n) is 3.91. The predicted octanol–water partition coefficient (Wildman–Crippen LogP) is 4.49. The lowest BCUT2D eigenvalue weighted by Gasteiger charge is -2.26. The van der Waals surface area contributed by atoms with Crippen molar-refractivity contribution in [2.45, 2.75) is 24.0 Å². The molecule has 5 nitrogen and oxygen atoms in total. The standard InChI is InChI=1S/C24H21F3N2O3S/c25-24(26,27)20-11-5-7-13-22(20)33(31,32)28(16-18-8-2-1-3-9-18)17-23(30)29-15-14-19-10-4-6-12-21(19)29/h1-13H,14-17H2. The molecule has 0 saturated carbocycles. The predicted molar refractivity (Wildman–Crippen MR) is 118 cm³/mol. The van der Waals surface area contributed by atoms with Crippen LogP contribution in [0, 0.1) is 0 Å². The van der Waals surface area contributed by atoms with Gasteiger partial charge in [-0.25, -0.2) is 8.42 Å². The van der Waals surface area contributed by atoms with E-state index in [-0.39, 0.29) is 6.54 Å². The highest BCUT2D eigenvalue weighted by atomic mass is 32.2. The van der Waals surface area contributed by atoms with Crippen molar-refractivity contribution in [2.75, 3.05) is 18.0 Å². The van der Waals surface area contributed by atoms with Crippen molar-refractivity contribution in [3.8, 4) is 0 Å². The van der Waals surface area contributed by atoms with Crippen LogP contribution in [-0.2, 0) is 34.0 Å². The first-order chi connectivity index (χ1) is 15.7. The fourth-order valence-corrected chi connectivity index (χ4v) is 5.50. The number of halogens is 3. The van der Waals surface area contributed by atoms with Gasteiger partial charge in [0.25, 0.3) is 0 Å². The van der Waals surface area contributed by atoms with Crippen molar-refractivity contribution in [1.29, 1.82) is 0 Å². The average Bonchev–Trinajstić information content (AvgIpc) is 3.23. The van der Waals surface area contributed by atoms with Crippen LogP contribution >= 0.6 is 0 Å². The van der Waals surface area contributed by atoms with Gasteiger partial charge in [-0.3, -0.25) is 4.79 Å². The average molecular weight is 475 g/mol. The molecule has 33 heavy (non-hydrogen) atoms. The maximum absolute atomic E-state index is 13.6. The Morgan fingerprint density at radius 3 is 2.27 bits per heavy atom. The second-order valence-electron chi connectivity index (χ2n) is 7.68. The van der Waals surface area contributed by atoms with Gasteiger partial charge in [0.15, 0.2) is 0 Å². The van der Waals surface area contributed by atoms with Crippen LogP contribution in [0.3, 0.4) is 0 Å². The normalized spacial score (nSPS) is 13.9. The van der Waals surface area contributed by atoms with Crippen molar-refractivity contribution in [3.05, 3.63) is 95.6 Å². The zero-order valence-electron chi connectivity index (χ0n) is 17.5. The number of hydrogen-bond acceptors (Lipinski definition) is 3.